The third kappa shape index (κ3) is 0.914. The van der Waals surface area contributed by atoms with Gasteiger partial charge in [-0.15, -0.1) is 5.10 Å². The zero-order chi connectivity index (χ0) is 7.84. The molecule has 2 aromatic heterocycles. The first-order chi connectivity index (χ1) is 5.27. The summed E-state index contributed by atoms with van der Waals surface area (Å²) < 4.78 is 1.59. The highest BCUT2D eigenvalue weighted by Gasteiger charge is 2.00. The maximum Gasteiger partial charge on any atom is 0.243 e. The summed E-state index contributed by atoms with van der Waals surface area (Å²) in [6.45, 7) is 0. The second kappa shape index (κ2) is 2.10. The summed E-state index contributed by atoms with van der Waals surface area (Å²) >= 11 is 5.56. The maximum absolute atomic E-state index is 5.56. The zero-order valence-electron chi connectivity index (χ0n) is 5.53. The average molecular weight is 169 g/mol. The van der Waals surface area contributed by atoms with Crippen LogP contribution in [0.15, 0.2) is 18.3 Å². The van der Waals surface area contributed by atoms with Crippen LogP contribution in [0, 0.1) is 0 Å². The van der Waals surface area contributed by atoms with Crippen LogP contribution in [0.5, 0.6) is 0 Å². The fourth-order valence-electron chi connectivity index (χ4n) is 0.930. The molecule has 2 heterocycles. The van der Waals surface area contributed by atoms with Crippen LogP contribution in [0.4, 0.5) is 5.82 Å². The molecule has 0 aliphatic carbocycles. The molecule has 0 amide bonds. The minimum Gasteiger partial charge on any atom is -0.382 e. The molecule has 0 saturated carbocycles. The van der Waals surface area contributed by atoms with Gasteiger partial charge in [-0.2, -0.15) is 4.98 Å². The first-order valence-corrected chi connectivity index (χ1v) is 3.41. The smallest absolute Gasteiger partial charge is 0.243 e. The number of nitrogens with zero attached hydrogens (tertiary/aromatic N) is 3. The topological polar surface area (TPSA) is 56.2 Å². The van der Waals surface area contributed by atoms with Crippen molar-refractivity contribution in [2.24, 2.45) is 0 Å². The van der Waals surface area contributed by atoms with Crippen molar-refractivity contribution in [2.75, 3.05) is 5.73 Å². The molecule has 2 aromatic rings. The number of fused-ring (bicyclic) bond motifs is 1. The van der Waals surface area contributed by atoms with Gasteiger partial charge in [0.1, 0.15) is 5.52 Å². The summed E-state index contributed by atoms with van der Waals surface area (Å²) in [4.78, 5) is 3.79. The maximum atomic E-state index is 5.56. The van der Waals surface area contributed by atoms with E-state index in [1.165, 1.54) is 0 Å². The quantitative estimate of drug-likeness (QED) is 0.638. The lowest BCUT2D eigenvalue weighted by Gasteiger charge is -1.96. The predicted molar refractivity (Wildman–Crippen MR) is 42.4 cm³/mol. The molecule has 2 rings (SSSR count). The van der Waals surface area contributed by atoms with Gasteiger partial charge in [0.15, 0.2) is 5.82 Å². The van der Waals surface area contributed by atoms with Crippen LogP contribution < -0.4 is 5.73 Å². The summed E-state index contributed by atoms with van der Waals surface area (Å²) in [6.07, 6.45) is 1.76. The molecular weight excluding hydrogens is 164 g/mol. The average Bonchev–Trinajstić information content (AvgIpc) is 2.34. The molecule has 56 valence electrons. The molecule has 11 heavy (non-hydrogen) atoms. The van der Waals surface area contributed by atoms with Gasteiger partial charge in [0.25, 0.3) is 0 Å². The van der Waals surface area contributed by atoms with Crippen molar-refractivity contribution in [1.82, 2.24) is 14.6 Å². The molecule has 0 saturated heterocycles. The Morgan fingerprint density at radius 2 is 2.36 bits per heavy atom. The zero-order valence-corrected chi connectivity index (χ0v) is 6.28. The summed E-state index contributed by atoms with van der Waals surface area (Å²) in [6, 6.07) is 3.66. The molecule has 0 bridgehead atoms. The third-order valence-electron chi connectivity index (χ3n) is 1.39. The second-order valence-electron chi connectivity index (χ2n) is 2.10. The van der Waals surface area contributed by atoms with Crippen molar-refractivity contribution in [2.45, 2.75) is 0 Å². The van der Waals surface area contributed by atoms with Crippen LogP contribution in [0.3, 0.4) is 0 Å². The summed E-state index contributed by atoms with van der Waals surface area (Å²) in [5.41, 5.74) is 6.32. The number of aromatic nitrogens is 3. The Balaban J connectivity index is 2.91. The second-order valence-corrected chi connectivity index (χ2v) is 2.44. The molecule has 0 atom stereocenters. The molecule has 0 aromatic carbocycles. The van der Waals surface area contributed by atoms with Crippen molar-refractivity contribution < 1.29 is 0 Å². The van der Waals surface area contributed by atoms with Gasteiger partial charge in [0, 0.05) is 6.20 Å². The number of nitrogens with two attached hydrogens (primary N) is 1. The number of anilines is 1. The van der Waals surface area contributed by atoms with E-state index in [-0.39, 0.29) is 5.28 Å². The van der Waals surface area contributed by atoms with Crippen LogP contribution in [-0.4, -0.2) is 14.6 Å². The molecule has 0 aliphatic rings. The number of rotatable bonds is 0. The van der Waals surface area contributed by atoms with E-state index in [2.05, 4.69) is 10.1 Å². The lowest BCUT2D eigenvalue weighted by Crippen LogP contribution is -1.99. The van der Waals surface area contributed by atoms with E-state index in [0.29, 0.717) is 5.82 Å². The molecule has 0 aliphatic heterocycles. The minimum absolute atomic E-state index is 0.159. The molecule has 2 N–H and O–H groups in total. The van der Waals surface area contributed by atoms with Crippen molar-refractivity contribution in [3.8, 4) is 0 Å². The van der Waals surface area contributed by atoms with Crippen molar-refractivity contribution in [1.29, 1.82) is 0 Å². The monoisotopic (exact) mass is 168 g/mol. The Labute approximate surface area is 67.6 Å². The van der Waals surface area contributed by atoms with Gasteiger partial charge in [-0.1, -0.05) is 0 Å². The van der Waals surface area contributed by atoms with Gasteiger partial charge in [0.2, 0.25) is 5.28 Å². The highest BCUT2D eigenvalue weighted by atomic mass is 35.5. The third-order valence-corrected chi connectivity index (χ3v) is 1.55. The lowest BCUT2D eigenvalue weighted by atomic mass is 10.5. The normalized spacial score (nSPS) is 10.6. The Morgan fingerprint density at radius 3 is 3.18 bits per heavy atom. The first kappa shape index (κ1) is 6.42. The number of nitrogen functional groups attached to an aromatic ring is 1. The minimum atomic E-state index is 0.159. The Hall–Kier alpha value is -1.29. The summed E-state index contributed by atoms with van der Waals surface area (Å²) in [5, 5.41) is 4.05. The Morgan fingerprint density at radius 1 is 1.55 bits per heavy atom. The van der Waals surface area contributed by atoms with Gasteiger partial charge in [-0.3, -0.25) is 0 Å². The van der Waals surface area contributed by atoms with E-state index in [1.807, 2.05) is 12.1 Å². The van der Waals surface area contributed by atoms with E-state index < -0.39 is 0 Å². The van der Waals surface area contributed by atoms with E-state index in [0.717, 1.165) is 5.52 Å². The van der Waals surface area contributed by atoms with Crippen molar-refractivity contribution in [3.05, 3.63) is 23.6 Å². The molecular formula is C6H5ClN4. The van der Waals surface area contributed by atoms with Gasteiger partial charge < -0.3 is 5.73 Å². The van der Waals surface area contributed by atoms with Crippen LogP contribution in [0.25, 0.3) is 5.52 Å². The first-order valence-electron chi connectivity index (χ1n) is 3.04. The highest BCUT2D eigenvalue weighted by molar-refractivity contribution is 6.28. The summed E-state index contributed by atoms with van der Waals surface area (Å²) in [7, 11) is 0. The van der Waals surface area contributed by atoms with E-state index >= 15 is 0 Å². The molecule has 0 spiro atoms. The molecule has 4 nitrogen and oxygen atoms in total. The number of halogens is 1. The van der Waals surface area contributed by atoms with Crippen LogP contribution in [0.1, 0.15) is 0 Å². The summed E-state index contributed by atoms with van der Waals surface area (Å²) in [5.74, 6) is 0.398. The SMILES string of the molecule is Nc1nc(Cl)nn2cccc12. The number of hydrogen-bond donors (Lipinski definition) is 1. The van der Waals surface area contributed by atoms with E-state index in [1.54, 1.807) is 10.7 Å². The van der Waals surface area contributed by atoms with E-state index in [9.17, 15) is 0 Å². The van der Waals surface area contributed by atoms with Gasteiger partial charge in [-0.05, 0) is 23.7 Å². The highest BCUT2D eigenvalue weighted by Crippen LogP contribution is 2.11. The molecule has 0 unspecified atom stereocenters. The Kier molecular flexibility index (Phi) is 1.22. The van der Waals surface area contributed by atoms with Gasteiger partial charge >= 0.3 is 0 Å². The fourth-order valence-corrected chi connectivity index (χ4v) is 1.10. The van der Waals surface area contributed by atoms with Crippen molar-refractivity contribution in [3.63, 3.8) is 0 Å². The standard InChI is InChI=1S/C6H5ClN4/c7-6-9-5(8)4-2-1-3-11(4)10-6/h1-3H,(H2,8,9,10). The van der Waals surface area contributed by atoms with Crippen LogP contribution in [-0.2, 0) is 0 Å². The predicted octanol–water partition coefficient (Wildman–Crippen LogP) is 0.965. The van der Waals surface area contributed by atoms with Crippen LogP contribution in [0.2, 0.25) is 5.28 Å². The fraction of sp³-hybridized carbons (Fsp3) is 0. The lowest BCUT2D eigenvalue weighted by molar-refractivity contribution is 0.908. The van der Waals surface area contributed by atoms with Crippen LogP contribution >= 0.6 is 11.6 Å². The van der Waals surface area contributed by atoms with E-state index in [4.69, 9.17) is 17.3 Å². The van der Waals surface area contributed by atoms with Gasteiger partial charge in [0.05, 0.1) is 0 Å². The molecule has 0 fully saturated rings. The molecule has 5 heteroatoms. The largest absolute Gasteiger partial charge is 0.382 e. The Bertz CT molecular complexity index is 394. The number of hydrogen-bond acceptors (Lipinski definition) is 3. The molecule has 0 radical (unpaired) electrons. The van der Waals surface area contributed by atoms with Gasteiger partial charge in [-0.25, -0.2) is 4.52 Å². The van der Waals surface area contributed by atoms with Crippen molar-refractivity contribution >= 4 is 22.9 Å².